The highest BCUT2D eigenvalue weighted by Crippen LogP contribution is 2.30. The molecule has 0 amide bonds. The van der Waals surface area contributed by atoms with Gasteiger partial charge in [-0.25, -0.2) is 4.39 Å². The molecule has 2 nitrogen and oxygen atoms in total. The Morgan fingerprint density at radius 2 is 1.83 bits per heavy atom. The lowest BCUT2D eigenvalue weighted by atomic mass is 10.1. The lowest BCUT2D eigenvalue weighted by molar-refractivity contribution is -0.137. The molecule has 1 saturated heterocycles. The van der Waals surface area contributed by atoms with Crippen LogP contribution in [-0.2, 0) is 17.5 Å². The first kappa shape index (κ1) is 13.3. The van der Waals surface area contributed by atoms with E-state index < -0.39 is 17.6 Å². The van der Waals surface area contributed by atoms with E-state index in [9.17, 15) is 17.6 Å². The molecule has 100 valence electrons. The number of hydrogen-bond donors (Lipinski definition) is 0. The van der Waals surface area contributed by atoms with E-state index in [2.05, 4.69) is 0 Å². The van der Waals surface area contributed by atoms with Crippen molar-refractivity contribution in [1.29, 1.82) is 0 Å². The maximum absolute atomic E-state index is 13.6. The average molecular weight is 263 g/mol. The summed E-state index contributed by atoms with van der Waals surface area (Å²) in [4.78, 5) is 1.95. The van der Waals surface area contributed by atoms with Crippen molar-refractivity contribution in [1.82, 2.24) is 4.90 Å². The average Bonchev–Trinajstić information content (AvgIpc) is 2.32. The monoisotopic (exact) mass is 263 g/mol. The predicted octanol–water partition coefficient (Wildman–Crippen LogP) is 2.68. The number of alkyl halides is 3. The highest BCUT2D eigenvalue weighted by Gasteiger charge is 2.31. The van der Waals surface area contributed by atoms with E-state index in [0.717, 1.165) is 6.07 Å². The third kappa shape index (κ3) is 3.20. The van der Waals surface area contributed by atoms with E-state index in [-0.39, 0.29) is 5.56 Å². The minimum Gasteiger partial charge on any atom is -0.379 e. The molecule has 0 spiro atoms. The minimum absolute atomic E-state index is 0.282. The summed E-state index contributed by atoms with van der Waals surface area (Å²) < 4.78 is 55.8. The molecule has 1 aliphatic heterocycles. The normalized spacial score (nSPS) is 18.0. The van der Waals surface area contributed by atoms with Crippen LogP contribution in [0.15, 0.2) is 18.2 Å². The van der Waals surface area contributed by atoms with Gasteiger partial charge in [0.25, 0.3) is 0 Å². The van der Waals surface area contributed by atoms with Crippen LogP contribution in [0, 0.1) is 5.82 Å². The molecule has 0 aliphatic carbocycles. The molecule has 2 rings (SSSR count). The number of nitrogens with zero attached hydrogens (tertiary/aromatic N) is 1. The zero-order chi connectivity index (χ0) is 13.2. The summed E-state index contributed by atoms with van der Waals surface area (Å²) in [7, 11) is 0. The standard InChI is InChI=1S/C12H13F4NO/c13-11-7-10(12(14,15)16)2-1-9(11)8-17-3-5-18-6-4-17/h1-2,7H,3-6,8H2. The fraction of sp³-hybridized carbons (Fsp3) is 0.500. The molecule has 0 atom stereocenters. The van der Waals surface area contributed by atoms with E-state index in [1.807, 2.05) is 4.90 Å². The predicted molar refractivity (Wildman–Crippen MR) is 57.5 cm³/mol. The van der Waals surface area contributed by atoms with Crippen molar-refractivity contribution in [2.24, 2.45) is 0 Å². The first-order valence-corrected chi connectivity index (χ1v) is 5.62. The summed E-state index contributed by atoms with van der Waals surface area (Å²) in [5.41, 5.74) is -0.671. The Hall–Kier alpha value is -1.14. The fourth-order valence-corrected chi connectivity index (χ4v) is 1.85. The summed E-state index contributed by atoms with van der Waals surface area (Å²) in [6, 6.07) is 2.67. The smallest absolute Gasteiger partial charge is 0.379 e. The molecule has 18 heavy (non-hydrogen) atoms. The molecule has 6 heteroatoms. The van der Waals surface area contributed by atoms with Crippen molar-refractivity contribution in [3.63, 3.8) is 0 Å². The topological polar surface area (TPSA) is 12.5 Å². The Labute approximate surface area is 102 Å². The van der Waals surface area contributed by atoms with Gasteiger partial charge < -0.3 is 4.74 Å². The fourth-order valence-electron chi connectivity index (χ4n) is 1.85. The summed E-state index contributed by atoms with van der Waals surface area (Å²) in [5, 5.41) is 0. The van der Waals surface area contributed by atoms with Crippen LogP contribution >= 0.6 is 0 Å². The zero-order valence-electron chi connectivity index (χ0n) is 9.63. The van der Waals surface area contributed by atoms with Crippen molar-refractivity contribution in [2.45, 2.75) is 12.7 Å². The molecular weight excluding hydrogens is 250 g/mol. The number of rotatable bonds is 2. The molecule has 0 aromatic heterocycles. The van der Waals surface area contributed by atoms with Crippen molar-refractivity contribution < 1.29 is 22.3 Å². The Bertz CT molecular complexity index is 413. The SMILES string of the molecule is Fc1cc(C(F)(F)F)ccc1CN1CCOCC1. The van der Waals surface area contributed by atoms with Crippen LogP contribution < -0.4 is 0 Å². The van der Waals surface area contributed by atoms with Crippen LogP contribution in [0.25, 0.3) is 0 Å². The van der Waals surface area contributed by atoms with Gasteiger partial charge in [0.15, 0.2) is 0 Å². The second kappa shape index (κ2) is 5.24. The van der Waals surface area contributed by atoms with Crippen molar-refractivity contribution >= 4 is 0 Å². The molecule has 0 N–H and O–H groups in total. The first-order chi connectivity index (χ1) is 8.47. The van der Waals surface area contributed by atoms with E-state index in [1.54, 1.807) is 0 Å². The molecule has 1 aromatic carbocycles. The lowest BCUT2D eigenvalue weighted by Crippen LogP contribution is -2.35. The van der Waals surface area contributed by atoms with Crippen LogP contribution in [0.2, 0.25) is 0 Å². The van der Waals surface area contributed by atoms with Gasteiger partial charge in [0.2, 0.25) is 0 Å². The molecule has 1 aliphatic rings. The van der Waals surface area contributed by atoms with Crippen LogP contribution in [0.5, 0.6) is 0 Å². The number of halogens is 4. The van der Waals surface area contributed by atoms with E-state index in [4.69, 9.17) is 4.74 Å². The maximum atomic E-state index is 13.6. The number of hydrogen-bond acceptors (Lipinski definition) is 2. The van der Waals surface area contributed by atoms with Crippen LogP contribution in [0.4, 0.5) is 17.6 Å². The van der Waals surface area contributed by atoms with Gasteiger partial charge in [-0.05, 0) is 12.1 Å². The van der Waals surface area contributed by atoms with E-state index >= 15 is 0 Å². The van der Waals surface area contributed by atoms with Crippen LogP contribution in [-0.4, -0.2) is 31.2 Å². The molecule has 1 fully saturated rings. The van der Waals surface area contributed by atoms with Crippen molar-refractivity contribution in [3.8, 4) is 0 Å². The Morgan fingerprint density at radius 3 is 2.39 bits per heavy atom. The van der Waals surface area contributed by atoms with E-state index in [0.29, 0.717) is 38.9 Å². The summed E-state index contributed by atoms with van der Waals surface area (Å²) >= 11 is 0. The lowest BCUT2D eigenvalue weighted by Gasteiger charge is -2.26. The minimum atomic E-state index is -4.50. The highest BCUT2D eigenvalue weighted by molar-refractivity contribution is 5.26. The first-order valence-electron chi connectivity index (χ1n) is 5.62. The van der Waals surface area contributed by atoms with Gasteiger partial charge in [0.1, 0.15) is 5.82 Å². The van der Waals surface area contributed by atoms with E-state index in [1.165, 1.54) is 6.07 Å². The van der Waals surface area contributed by atoms with Gasteiger partial charge in [-0.3, -0.25) is 4.90 Å². The third-order valence-corrected chi connectivity index (χ3v) is 2.88. The van der Waals surface area contributed by atoms with Gasteiger partial charge in [-0.2, -0.15) is 13.2 Å². The Morgan fingerprint density at radius 1 is 1.17 bits per heavy atom. The van der Waals surface area contributed by atoms with Crippen LogP contribution in [0.3, 0.4) is 0 Å². The van der Waals surface area contributed by atoms with Gasteiger partial charge in [0, 0.05) is 25.2 Å². The molecule has 0 radical (unpaired) electrons. The van der Waals surface area contributed by atoms with Crippen LogP contribution in [0.1, 0.15) is 11.1 Å². The molecule has 1 aromatic rings. The molecule has 0 bridgehead atoms. The third-order valence-electron chi connectivity index (χ3n) is 2.88. The number of morpholine rings is 1. The quantitative estimate of drug-likeness (QED) is 0.761. The van der Waals surface area contributed by atoms with Crippen molar-refractivity contribution in [2.75, 3.05) is 26.3 Å². The van der Waals surface area contributed by atoms with Gasteiger partial charge in [-0.1, -0.05) is 6.07 Å². The Balaban J connectivity index is 2.09. The number of ether oxygens (including phenoxy) is 1. The Kier molecular flexibility index (Phi) is 3.87. The summed E-state index contributed by atoms with van der Waals surface area (Å²) in [5.74, 6) is -0.809. The molecular formula is C12H13F4NO. The maximum Gasteiger partial charge on any atom is 0.416 e. The second-order valence-electron chi connectivity index (χ2n) is 4.19. The highest BCUT2D eigenvalue weighted by atomic mass is 19.4. The largest absolute Gasteiger partial charge is 0.416 e. The molecule has 0 unspecified atom stereocenters. The number of benzene rings is 1. The molecule has 0 saturated carbocycles. The summed E-state index contributed by atoms with van der Waals surface area (Å²) in [6.45, 7) is 2.79. The molecule has 1 heterocycles. The summed E-state index contributed by atoms with van der Waals surface area (Å²) in [6.07, 6.45) is -4.50. The zero-order valence-corrected chi connectivity index (χ0v) is 9.63. The van der Waals surface area contributed by atoms with Gasteiger partial charge >= 0.3 is 6.18 Å². The van der Waals surface area contributed by atoms with Gasteiger partial charge in [-0.15, -0.1) is 0 Å². The second-order valence-corrected chi connectivity index (χ2v) is 4.19. The van der Waals surface area contributed by atoms with Crippen molar-refractivity contribution in [3.05, 3.63) is 35.1 Å². The van der Waals surface area contributed by atoms with Gasteiger partial charge in [0.05, 0.1) is 18.8 Å².